The first kappa shape index (κ1) is 13.4. The van der Waals surface area contributed by atoms with Crippen molar-refractivity contribution in [3.8, 4) is 0 Å². The lowest BCUT2D eigenvalue weighted by molar-refractivity contribution is -0.123. The molecule has 3 atom stereocenters. The number of ether oxygens (including phenoxy) is 2. The zero-order chi connectivity index (χ0) is 12.3. The number of rotatable bonds is 5. The first-order valence-electron chi connectivity index (χ1n) is 5.27. The van der Waals surface area contributed by atoms with E-state index in [-0.39, 0.29) is 12.2 Å². The van der Waals surface area contributed by atoms with Crippen LogP contribution in [-0.2, 0) is 14.3 Å². The quantitative estimate of drug-likeness (QED) is 0.603. The highest BCUT2D eigenvalue weighted by atomic mass is 16.5. The number of likely N-dealkylation sites (tertiary alicyclic amines) is 1. The Morgan fingerprint density at radius 3 is 2.12 bits per heavy atom. The van der Waals surface area contributed by atoms with Crippen LogP contribution < -0.4 is 11.5 Å². The molecule has 0 saturated carbocycles. The molecule has 1 fully saturated rings. The van der Waals surface area contributed by atoms with E-state index in [2.05, 4.69) is 0 Å². The first-order chi connectivity index (χ1) is 7.40. The molecule has 1 amide bonds. The topological polar surface area (TPSA) is 90.8 Å². The molecule has 0 aromatic rings. The standard InChI is InChI=1S/C10H21N3O3/c1-10(12,9(11)14)6-13-4-7(15-2)8(5-13)16-3/h7-8H,4-6,12H2,1-3H3,(H2,11,14). The Balaban J connectivity index is 2.55. The second-order valence-corrected chi connectivity index (χ2v) is 4.52. The Morgan fingerprint density at radius 2 is 1.81 bits per heavy atom. The van der Waals surface area contributed by atoms with E-state index in [1.807, 2.05) is 4.90 Å². The molecular weight excluding hydrogens is 210 g/mol. The third-order valence-corrected chi connectivity index (χ3v) is 3.01. The van der Waals surface area contributed by atoms with Gasteiger partial charge >= 0.3 is 0 Å². The highest BCUT2D eigenvalue weighted by Gasteiger charge is 2.37. The van der Waals surface area contributed by atoms with Crippen LogP contribution in [0.1, 0.15) is 6.92 Å². The largest absolute Gasteiger partial charge is 0.377 e. The Hall–Kier alpha value is -0.690. The Morgan fingerprint density at radius 1 is 1.38 bits per heavy atom. The Kier molecular flexibility index (Phi) is 4.26. The van der Waals surface area contributed by atoms with Crippen LogP contribution in [0.2, 0.25) is 0 Å². The smallest absolute Gasteiger partial charge is 0.238 e. The van der Waals surface area contributed by atoms with E-state index in [1.54, 1.807) is 21.1 Å². The zero-order valence-corrected chi connectivity index (χ0v) is 10.1. The molecule has 4 N–H and O–H groups in total. The second kappa shape index (κ2) is 5.09. The molecule has 3 unspecified atom stereocenters. The summed E-state index contributed by atoms with van der Waals surface area (Å²) in [6.07, 6.45) is 0.0438. The minimum atomic E-state index is -1.01. The van der Waals surface area contributed by atoms with Gasteiger partial charge in [-0.2, -0.15) is 0 Å². The van der Waals surface area contributed by atoms with Crippen molar-refractivity contribution in [1.82, 2.24) is 4.90 Å². The van der Waals surface area contributed by atoms with Gasteiger partial charge in [0.05, 0.1) is 12.2 Å². The molecule has 1 saturated heterocycles. The van der Waals surface area contributed by atoms with E-state index in [4.69, 9.17) is 20.9 Å². The van der Waals surface area contributed by atoms with Crippen LogP contribution >= 0.6 is 0 Å². The third-order valence-electron chi connectivity index (χ3n) is 3.01. The van der Waals surface area contributed by atoms with Crippen molar-refractivity contribution < 1.29 is 14.3 Å². The summed E-state index contributed by atoms with van der Waals surface area (Å²) in [5.41, 5.74) is 10.0. The average molecular weight is 231 g/mol. The van der Waals surface area contributed by atoms with Crippen LogP contribution in [0, 0.1) is 0 Å². The molecule has 0 aromatic heterocycles. The molecule has 1 aliphatic heterocycles. The Bertz CT molecular complexity index is 246. The number of primary amides is 1. The predicted molar refractivity (Wildman–Crippen MR) is 59.8 cm³/mol. The molecule has 0 aliphatic carbocycles. The minimum Gasteiger partial charge on any atom is -0.377 e. The number of hydrogen-bond donors (Lipinski definition) is 2. The molecule has 0 aromatic carbocycles. The molecule has 94 valence electrons. The molecule has 1 rings (SSSR count). The van der Waals surface area contributed by atoms with E-state index >= 15 is 0 Å². The fourth-order valence-electron chi connectivity index (χ4n) is 1.94. The van der Waals surface area contributed by atoms with Gasteiger partial charge in [0.2, 0.25) is 5.91 Å². The summed E-state index contributed by atoms with van der Waals surface area (Å²) < 4.78 is 10.6. The lowest BCUT2D eigenvalue weighted by atomic mass is 10.0. The summed E-state index contributed by atoms with van der Waals surface area (Å²) in [4.78, 5) is 13.2. The van der Waals surface area contributed by atoms with Gasteiger partial charge in [0.1, 0.15) is 5.54 Å². The monoisotopic (exact) mass is 231 g/mol. The fraction of sp³-hybridized carbons (Fsp3) is 0.900. The minimum absolute atomic E-state index is 0.0219. The van der Waals surface area contributed by atoms with E-state index in [1.165, 1.54) is 0 Å². The highest BCUT2D eigenvalue weighted by Crippen LogP contribution is 2.17. The van der Waals surface area contributed by atoms with Gasteiger partial charge in [-0.15, -0.1) is 0 Å². The molecule has 16 heavy (non-hydrogen) atoms. The van der Waals surface area contributed by atoms with Crippen LogP contribution in [0.15, 0.2) is 0 Å². The Labute approximate surface area is 95.8 Å². The third kappa shape index (κ3) is 2.91. The van der Waals surface area contributed by atoms with Gasteiger partial charge in [-0.1, -0.05) is 0 Å². The summed E-state index contributed by atoms with van der Waals surface area (Å²) in [5.74, 6) is -0.498. The second-order valence-electron chi connectivity index (χ2n) is 4.52. The summed E-state index contributed by atoms with van der Waals surface area (Å²) in [6.45, 7) is 3.46. The fourth-order valence-corrected chi connectivity index (χ4v) is 1.94. The van der Waals surface area contributed by atoms with E-state index in [0.717, 1.165) is 0 Å². The lowest BCUT2D eigenvalue weighted by Gasteiger charge is -2.26. The summed E-state index contributed by atoms with van der Waals surface area (Å²) >= 11 is 0. The van der Waals surface area contributed by atoms with E-state index < -0.39 is 11.4 Å². The van der Waals surface area contributed by atoms with Crippen molar-refractivity contribution in [2.75, 3.05) is 33.9 Å². The zero-order valence-electron chi connectivity index (χ0n) is 10.1. The van der Waals surface area contributed by atoms with Gasteiger partial charge in [0.25, 0.3) is 0 Å². The van der Waals surface area contributed by atoms with Gasteiger partial charge in [-0.3, -0.25) is 9.69 Å². The molecule has 1 heterocycles. The van der Waals surface area contributed by atoms with Gasteiger partial charge in [0, 0.05) is 33.9 Å². The summed E-state index contributed by atoms with van der Waals surface area (Å²) in [7, 11) is 3.30. The number of hydrogen-bond acceptors (Lipinski definition) is 5. The van der Waals surface area contributed by atoms with Gasteiger partial charge < -0.3 is 20.9 Å². The molecule has 6 heteroatoms. The summed E-state index contributed by atoms with van der Waals surface area (Å²) in [6, 6.07) is 0. The van der Waals surface area contributed by atoms with Crippen LogP contribution in [0.4, 0.5) is 0 Å². The number of methoxy groups -OCH3 is 2. The lowest BCUT2D eigenvalue weighted by Crippen LogP contribution is -2.56. The van der Waals surface area contributed by atoms with Gasteiger partial charge in [0.15, 0.2) is 0 Å². The van der Waals surface area contributed by atoms with Crippen molar-refractivity contribution in [2.45, 2.75) is 24.7 Å². The molecule has 0 spiro atoms. The predicted octanol–water partition coefficient (Wildman–Crippen LogP) is -1.47. The molecule has 6 nitrogen and oxygen atoms in total. The SMILES string of the molecule is COC1CN(CC(C)(N)C(N)=O)CC1OC. The van der Waals surface area contributed by atoms with Crippen molar-refractivity contribution in [2.24, 2.45) is 11.5 Å². The maximum Gasteiger partial charge on any atom is 0.238 e. The van der Waals surface area contributed by atoms with Crippen LogP contribution in [0.5, 0.6) is 0 Å². The number of carbonyl (C=O) groups excluding carboxylic acids is 1. The van der Waals surface area contributed by atoms with Crippen LogP contribution in [-0.4, -0.2) is 62.4 Å². The first-order valence-corrected chi connectivity index (χ1v) is 5.27. The van der Waals surface area contributed by atoms with Crippen molar-refractivity contribution in [3.05, 3.63) is 0 Å². The summed E-state index contributed by atoms with van der Waals surface area (Å²) in [5, 5.41) is 0. The normalized spacial score (nSPS) is 30.2. The van der Waals surface area contributed by atoms with Crippen molar-refractivity contribution in [1.29, 1.82) is 0 Å². The van der Waals surface area contributed by atoms with Crippen LogP contribution in [0.3, 0.4) is 0 Å². The van der Waals surface area contributed by atoms with Crippen molar-refractivity contribution in [3.63, 3.8) is 0 Å². The van der Waals surface area contributed by atoms with Gasteiger partial charge in [-0.25, -0.2) is 0 Å². The maximum atomic E-state index is 11.1. The number of carbonyl (C=O) groups is 1. The number of nitrogens with zero attached hydrogens (tertiary/aromatic N) is 1. The molecule has 0 bridgehead atoms. The van der Waals surface area contributed by atoms with Crippen LogP contribution in [0.25, 0.3) is 0 Å². The molecular formula is C10H21N3O3. The highest BCUT2D eigenvalue weighted by molar-refractivity contribution is 5.84. The number of amides is 1. The van der Waals surface area contributed by atoms with Crippen molar-refractivity contribution >= 4 is 5.91 Å². The molecule has 1 aliphatic rings. The number of nitrogens with two attached hydrogens (primary N) is 2. The average Bonchev–Trinajstić information content (AvgIpc) is 2.59. The maximum absolute atomic E-state index is 11.1. The van der Waals surface area contributed by atoms with Gasteiger partial charge in [-0.05, 0) is 6.92 Å². The van der Waals surface area contributed by atoms with E-state index in [0.29, 0.717) is 19.6 Å². The van der Waals surface area contributed by atoms with E-state index in [9.17, 15) is 4.79 Å². The molecule has 0 radical (unpaired) electrons.